The zero-order valence-corrected chi connectivity index (χ0v) is 76.8. The number of fused-ring (bicyclic) bond motifs is 29. The lowest BCUT2D eigenvalue weighted by Crippen LogP contribution is -2.31. The van der Waals surface area contributed by atoms with E-state index in [2.05, 4.69) is 472 Å². The largest absolute Gasteiger partial charge is 0.455 e. The Labute approximate surface area is 806 Å². The summed E-state index contributed by atoms with van der Waals surface area (Å²) in [6.45, 7) is 4.60. The highest BCUT2D eigenvalue weighted by atomic mass is 32.1. The number of benzene rings is 22. The molecule has 0 atom stereocenters. The Morgan fingerprint density at radius 1 is 0.243 bits per heavy atom. The quantitative estimate of drug-likeness (QED) is 0.147. The molecule has 654 valence electrons. The third-order valence-corrected chi connectivity index (χ3v) is 29.9. The Hall–Kier alpha value is -18.2. The molecule has 11 heteroatoms. The van der Waals surface area contributed by atoms with Gasteiger partial charge >= 0.3 is 0 Å². The van der Waals surface area contributed by atoms with Gasteiger partial charge in [0.25, 0.3) is 0 Å². The van der Waals surface area contributed by atoms with Crippen molar-refractivity contribution in [3.8, 4) is 73.4 Å². The fraction of sp³-hybridized carbons (Fsp3) is 0.0233. The van der Waals surface area contributed by atoms with E-state index in [-0.39, 0.29) is 5.41 Å². The van der Waals surface area contributed by atoms with E-state index < -0.39 is 0 Å². The number of thiophene rings is 1. The van der Waals surface area contributed by atoms with Gasteiger partial charge in [-0.05, 0) is 178 Å². The summed E-state index contributed by atoms with van der Waals surface area (Å²) in [7, 11) is 0. The van der Waals surface area contributed by atoms with Crippen LogP contribution < -0.4 is 4.90 Å². The van der Waals surface area contributed by atoms with Crippen molar-refractivity contribution in [3.05, 3.63) is 460 Å². The molecule has 0 saturated carbocycles. The molecule has 0 spiro atoms. The number of nitrogens with zero attached hydrogens (tertiary/aromatic N) is 8. The molecule has 7 aromatic heterocycles. The van der Waals surface area contributed by atoms with Gasteiger partial charge in [0.2, 0.25) is 11.9 Å². The summed E-state index contributed by atoms with van der Waals surface area (Å²) >= 11 is 1.85. The second-order valence-corrected chi connectivity index (χ2v) is 38.0. The molecule has 0 bridgehead atoms. The first-order valence-corrected chi connectivity index (χ1v) is 48.3. The number of furan rings is 2. The summed E-state index contributed by atoms with van der Waals surface area (Å²) in [4.78, 5) is 34.7. The molecule has 0 aliphatic carbocycles. The van der Waals surface area contributed by atoms with Gasteiger partial charge in [-0.3, -0.25) is 9.47 Å². The molecule has 22 aromatic carbocycles. The fourth-order valence-corrected chi connectivity index (χ4v) is 23.2. The molecular weight excluding hydrogens is 1730 g/mol. The van der Waals surface area contributed by atoms with Crippen LogP contribution in [0.5, 0.6) is 0 Å². The minimum absolute atomic E-state index is 0.184. The minimum Gasteiger partial charge on any atom is -0.455 e. The Morgan fingerprint density at radius 3 is 1.24 bits per heavy atom. The highest BCUT2D eigenvalue weighted by Crippen LogP contribution is 2.54. The van der Waals surface area contributed by atoms with Crippen molar-refractivity contribution in [1.82, 2.24) is 34.5 Å². The Morgan fingerprint density at radius 2 is 0.643 bits per heavy atom. The zero-order valence-electron chi connectivity index (χ0n) is 76.0. The van der Waals surface area contributed by atoms with Crippen LogP contribution in [0.4, 0.5) is 17.3 Å². The van der Waals surface area contributed by atoms with Crippen molar-refractivity contribution in [3.63, 3.8) is 0 Å². The van der Waals surface area contributed by atoms with Crippen LogP contribution in [-0.4, -0.2) is 34.5 Å². The first-order valence-electron chi connectivity index (χ1n) is 47.5. The third-order valence-electron chi connectivity index (χ3n) is 28.7. The van der Waals surface area contributed by atoms with Gasteiger partial charge < -0.3 is 8.83 Å². The smallest absolute Gasteiger partial charge is 0.235 e. The summed E-state index contributed by atoms with van der Waals surface area (Å²) in [5.74, 6) is 2.01. The van der Waals surface area contributed by atoms with Crippen molar-refractivity contribution in [2.24, 2.45) is 0 Å². The van der Waals surface area contributed by atoms with Gasteiger partial charge in [-0.15, -0.1) is 11.3 Å². The van der Waals surface area contributed by atoms with Crippen LogP contribution in [-0.2, 0) is 5.41 Å². The number of hydrogen-bond acceptors (Lipinski definition) is 10. The molecule has 1 aliphatic rings. The number of hydrogen-bond donors (Lipinski definition) is 0. The van der Waals surface area contributed by atoms with E-state index >= 15 is 0 Å². The van der Waals surface area contributed by atoms with Gasteiger partial charge in [0.05, 0.1) is 66.8 Å². The van der Waals surface area contributed by atoms with Crippen molar-refractivity contribution < 1.29 is 8.83 Å². The lowest BCUT2D eigenvalue weighted by atomic mass is 9.74. The van der Waals surface area contributed by atoms with Gasteiger partial charge in [0.1, 0.15) is 22.3 Å². The van der Waals surface area contributed by atoms with Crippen molar-refractivity contribution in [2.75, 3.05) is 4.90 Å². The number of rotatable bonds is 8. The molecule has 1 aliphatic heterocycles. The van der Waals surface area contributed by atoms with Crippen LogP contribution in [0.15, 0.2) is 458 Å². The van der Waals surface area contributed by atoms with E-state index in [4.69, 9.17) is 38.7 Å². The van der Waals surface area contributed by atoms with E-state index in [0.717, 1.165) is 177 Å². The van der Waals surface area contributed by atoms with Crippen LogP contribution >= 0.6 is 11.3 Å². The molecule has 0 saturated heterocycles. The van der Waals surface area contributed by atoms with Crippen LogP contribution in [0.3, 0.4) is 0 Å². The Bertz CT molecular complexity index is 10100. The summed E-state index contributed by atoms with van der Waals surface area (Å²) in [5, 5.41) is 26.1. The van der Waals surface area contributed by atoms with Gasteiger partial charge in [0.15, 0.2) is 5.82 Å². The van der Waals surface area contributed by atoms with Crippen molar-refractivity contribution in [1.29, 1.82) is 0 Å². The first kappa shape index (κ1) is 80.3. The predicted octanol–water partition coefficient (Wildman–Crippen LogP) is 35.2. The topological polar surface area (TPSA) is 112 Å². The highest BCUT2D eigenvalue weighted by molar-refractivity contribution is 7.27. The molecule has 0 N–H and O–H groups in total. The maximum absolute atomic E-state index is 6.63. The Balaban J connectivity index is 0.000000103. The average Bonchev–Trinajstić information content (AvgIpc) is 1.27. The van der Waals surface area contributed by atoms with E-state index in [1.165, 1.54) is 96.5 Å². The second kappa shape index (κ2) is 32.0. The minimum atomic E-state index is -0.184. The second-order valence-electron chi connectivity index (χ2n) is 37.0. The van der Waals surface area contributed by atoms with Gasteiger partial charge in [-0.1, -0.05) is 372 Å². The molecular formula is C129H80N8O2S. The molecule has 0 fully saturated rings. The highest BCUT2D eigenvalue weighted by Gasteiger charge is 2.38. The van der Waals surface area contributed by atoms with Gasteiger partial charge in [-0.2, -0.15) is 0 Å². The summed E-state index contributed by atoms with van der Waals surface area (Å²) in [6.07, 6.45) is 0. The molecule has 140 heavy (non-hydrogen) atoms. The predicted molar refractivity (Wildman–Crippen MR) is 585 cm³/mol. The van der Waals surface area contributed by atoms with E-state index in [1.54, 1.807) is 0 Å². The maximum atomic E-state index is 6.63. The normalized spacial score (nSPS) is 12.5. The molecule has 29 aromatic rings. The SMILES string of the molecule is CC1(C)c2ccccc2N(c2nc(-c3ccc4ccccc4c3)c3ccc4oc5c6ccccc6ccc5c4c3n2)c2ccccc21.c1ccc(-c2cccc(-c3ccc(-c4nc(-c5ccc6ccccc6c5)c5ccc6sc7c8ccccc8ccc7c6c5n4)cc3)c2)cc1.c1ccc2c(-c3nc(-n4c5ccccc5c5ccccc54)nc4c3ccc3oc5c6ccccc6ccc5c34)cccc2c1. The average molecular weight is 1810 g/mol. The van der Waals surface area contributed by atoms with E-state index in [1.807, 2.05) is 11.3 Å². The van der Waals surface area contributed by atoms with E-state index in [0.29, 0.717) is 11.9 Å². The molecule has 0 unspecified atom stereocenters. The monoisotopic (exact) mass is 1800 g/mol. The fourth-order valence-electron chi connectivity index (χ4n) is 21.9. The lowest BCUT2D eigenvalue weighted by molar-refractivity contribution is 0.631. The number of aromatic nitrogens is 7. The molecule has 8 heterocycles. The third kappa shape index (κ3) is 12.9. The zero-order chi connectivity index (χ0) is 92.4. The van der Waals surface area contributed by atoms with Crippen molar-refractivity contribution >= 4 is 212 Å². The molecule has 30 rings (SSSR count). The first-order chi connectivity index (χ1) is 69.2. The molecule has 10 nitrogen and oxygen atoms in total. The van der Waals surface area contributed by atoms with Crippen LogP contribution in [0.2, 0.25) is 0 Å². The van der Waals surface area contributed by atoms with Crippen LogP contribution in [0, 0.1) is 0 Å². The number of anilines is 3. The van der Waals surface area contributed by atoms with E-state index in [9.17, 15) is 0 Å². The van der Waals surface area contributed by atoms with Crippen molar-refractivity contribution in [2.45, 2.75) is 19.3 Å². The summed E-state index contributed by atoms with van der Waals surface area (Å²) in [5.41, 5.74) is 24.5. The maximum Gasteiger partial charge on any atom is 0.235 e. The lowest BCUT2D eigenvalue weighted by Gasteiger charge is -2.41. The summed E-state index contributed by atoms with van der Waals surface area (Å²) in [6, 6.07) is 159. The molecule has 0 radical (unpaired) electrons. The molecule has 0 amide bonds. The van der Waals surface area contributed by atoms with Crippen LogP contribution in [0.25, 0.3) is 257 Å². The standard InChI is InChI=1S/C46H28N2S.C43H29N3O.C40H23N3O/c1-2-9-29(10-3-1)35-14-8-15-36(27-35)31-17-20-33(21-18-31)46-47-43(37-22-19-30-11-4-5-13-34(30)28-37)40-25-26-41-42(44(40)48-46)39-24-23-32-12-6-7-16-38(32)45(39)49-41;1-43(2)33-15-7-9-17-35(33)46(36-18-10-8-16-34(36)43)42-44-39(29-20-19-26-11-3-4-13-28(26)25-29)32-23-24-37-38(40(32)45-42)31-22-21-27-12-5-6-14-30(27)41(31)47-37;1-3-13-26-24(10-1)12-9-17-30(26)37-32-22-23-35-36(31-21-20-25-11-2-4-14-27(25)39(31)44-35)38(32)42-40(41-37)43-33-18-7-5-15-28(33)29-16-6-8-19-34(29)43/h1-28H;3-25H,1-2H3;1-23H. The van der Waals surface area contributed by atoms with Gasteiger partial charge in [0, 0.05) is 96.3 Å². The van der Waals surface area contributed by atoms with Gasteiger partial charge in [-0.25, -0.2) is 29.9 Å². The Kier molecular flexibility index (Phi) is 18.4. The number of para-hydroxylation sites is 4. The summed E-state index contributed by atoms with van der Waals surface area (Å²) < 4.78 is 18.0. The van der Waals surface area contributed by atoms with Crippen LogP contribution in [0.1, 0.15) is 25.0 Å².